The molecule has 1 N–H and O–H groups in total. The van der Waals surface area contributed by atoms with Gasteiger partial charge in [0.05, 0.1) is 11.2 Å². The van der Waals surface area contributed by atoms with Crippen molar-refractivity contribution in [2.45, 2.75) is 52.4 Å². The molecule has 5 heteroatoms. The third kappa shape index (κ3) is 2.55. The lowest BCUT2D eigenvalue weighted by Gasteiger charge is -2.32. The number of nitrogens with zero attached hydrogens (tertiary/aromatic N) is 1. The second-order valence-corrected chi connectivity index (χ2v) is 6.13. The first-order chi connectivity index (χ1) is 8.78. The summed E-state index contributed by atoms with van der Waals surface area (Å²) in [6.07, 6.45) is 3.73. The van der Waals surface area contributed by atoms with Crippen molar-refractivity contribution in [2.24, 2.45) is 0 Å². The minimum Gasteiger partial charge on any atom is -0.399 e. The third-order valence-electron chi connectivity index (χ3n) is 4.23. The fraction of sp³-hybridized carbons (Fsp3) is 0.643. The molecular weight excluding hydrogens is 239 g/mol. The molecule has 0 spiro atoms. The molecule has 4 nitrogen and oxygen atoms in total. The Bertz CT molecular complexity index is 459. The Morgan fingerprint density at radius 1 is 1.16 bits per heavy atom. The molecule has 0 aliphatic carbocycles. The van der Waals surface area contributed by atoms with Gasteiger partial charge in [0.25, 0.3) is 0 Å². The predicted octanol–water partition coefficient (Wildman–Crippen LogP) is 1.41. The van der Waals surface area contributed by atoms with Crippen LogP contribution in [0.15, 0.2) is 12.4 Å². The van der Waals surface area contributed by atoms with Gasteiger partial charge in [-0.05, 0) is 52.8 Å². The van der Waals surface area contributed by atoms with Crippen LogP contribution in [0.25, 0.3) is 0 Å². The standard InChI is InChI=1S/C14H23BN2O2/c1-10-11(7-16-6)8-17-9-12(10)15-18-13(2,3)14(4,5)19-15/h8-9,16H,7H2,1-6H3. The van der Waals surface area contributed by atoms with Crippen LogP contribution in [0.1, 0.15) is 38.8 Å². The Labute approximate surface area is 116 Å². The minimum atomic E-state index is -0.339. The lowest BCUT2D eigenvalue weighted by atomic mass is 9.76. The van der Waals surface area contributed by atoms with Crippen molar-refractivity contribution >= 4 is 12.6 Å². The molecule has 0 amide bonds. The van der Waals surface area contributed by atoms with E-state index in [4.69, 9.17) is 9.31 Å². The molecule has 0 unspecified atom stereocenters. The second kappa shape index (κ2) is 4.89. The van der Waals surface area contributed by atoms with E-state index in [0.29, 0.717) is 0 Å². The van der Waals surface area contributed by atoms with Crippen molar-refractivity contribution in [1.29, 1.82) is 0 Å². The summed E-state index contributed by atoms with van der Waals surface area (Å²) in [4.78, 5) is 4.30. The maximum atomic E-state index is 6.08. The Balaban J connectivity index is 2.32. The fourth-order valence-electron chi connectivity index (χ4n) is 2.16. The van der Waals surface area contributed by atoms with Gasteiger partial charge in [-0.1, -0.05) is 0 Å². The van der Waals surface area contributed by atoms with Gasteiger partial charge in [-0.15, -0.1) is 0 Å². The molecular formula is C14H23BN2O2. The van der Waals surface area contributed by atoms with Gasteiger partial charge in [-0.2, -0.15) is 0 Å². The van der Waals surface area contributed by atoms with E-state index < -0.39 is 0 Å². The van der Waals surface area contributed by atoms with E-state index in [-0.39, 0.29) is 18.3 Å². The highest BCUT2D eigenvalue weighted by Gasteiger charge is 2.52. The summed E-state index contributed by atoms with van der Waals surface area (Å²) in [6.45, 7) is 11.1. The van der Waals surface area contributed by atoms with E-state index in [2.05, 4.69) is 44.9 Å². The predicted molar refractivity (Wildman–Crippen MR) is 77.5 cm³/mol. The summed E-state index contributed by atoms with van der Waals surface area (Å²) in [6, 6.07) is 0. The van der Waals surface area contributed by atoms with E-state index >= 15 is 0 Å². The number of pyridine rings is 1. The van der Waals surface area contributed by atoms with Gasteiger partial charge in [-0.3, -0.25) is 4.98 Å². The molecule has 0 bridgehead atoms. The molecule has 1 saturated heterocycles. The topological polar surface area (TPSA) is 43.4 Å². The summed E-state index contributed by atoms with van der Waals surface area (Å²) >= 11 is 0. The van der Waals surface area contributed by atoms with Crippen LogP contribution in [0.3, 0.4) is 0 Å². The largest absolute Gasteiger partial charge is 0.496 e. The monoisotopic (exact) mass is 262 g/mol. The Morgan fingerprint density at radius 2 is 1.74 bits per heavy atom. The van der Waals surface area contributed by atoms with Crippen molar-refractivity contribution in [2.75, 3.05) is 7.05 Å². The molecule has 104 valence electrons. The smallest absolute Gasteiger partial charge is 0.399 e. The molecule has 1 aliphatic heterocycles. The number of hydrogen-bond acceptors (Lipinski definition) is 4. The average molecular weight is 262 g/mol. The highest BCUT2D eigenvalue weighted by atomic mass is 16.7. The molecule has 0 aromatic carbocycles. The summed E-state index contributed by atoms with van der Waals surface area (Å²) in [5.41, 5.74) is 2.75. The van der Waals surface area contributed by atoms with Crippen LogP contribution in [0.2, 0.25) is 0 Å². The first kappa shape index (κ1) is 14.5. The van der Waals surface area contributed by atoms with Crippen LogP contribution in [0, 0.1) is 6.92 Å². The molecule has 2 heterocycles. The van der Waals surface area contributed by atoms with E-state index in [1.165, 1.54) is 11.1 Å². The van der Waals surface area contributed by atoms with Gasteiger partial charge in [0.15, 0.2) is 0 Å². The van der Waals surface area contributed by atoms with E-state index in [1.54, 1.807) is 0 Å². The maximum Gasteiger partial charge on any atom is 0.496 e. The van der Waals surface area contributed by atoms with E-state index in [0.717, 1.165) is 12.0 Å². The van der Waals surface area contributed by atoms with Crippen molar-refractivity contribution in [3.63, 3.8) is 0 Å². The Morgan fingerprint density at radius 3 is 2.26 bits per heavy atom. The second-order valence-electron chi connectivity index (χ2n) is 6.13. The quantitative estimate of drug-likeness (QED) is 0.836. The van der Waals surface area contributed by atoms with Crippen LogP contribution in [-0.2, 0) is 15.9 Å². The molecule has 0 radical (unpaired) electrons. The zero-order valence-corrected chi connectivity index (χ0v) is 12.7. The summed E-state index contributed by atoms with van der Waals surface area (Å²) in [5, 5.41) is 3.15. The Kier molecular flexibility index (Phi) is 3.73. The van der Waals surface area contributed by atoms with Crippen molar-refractivity contribution in [3.05, 3.63) is 23.5 Å². The first-order valence-electron chi connectivity index (χ1n) is 6.72. The SMILES string of the molecule is CNCc1cncc(B2OC(C)(C)C(C)(C)O2)c1C. The van der Waals surface area contributed by atoms with E-state index in [1.807, 2.05) is 19.4 Å². The summed E-state index contributed by atoms with van der Waals surface area (Å²) in [7, 11) is 1.59. The van der Waals surface area contributed by atoms with Crippen molar-refractivity contribution in [1.82, 2.24) is 10.3 Å². The molecule has 19 heavy (non-hydrogen) atoms. The molecule has 1 aliphatic rings. The van der Waals surface area contributed by atoms with Gasteiger partial charge in [0.1, 0.15) is 0 Å². The van der Waals surface area contributed by atoms with Gasteiger partial charge in [-0.25, -0.2) is 0 Å². The summed E-state index contributed by atoms with van der Waals surface area (Å²) < 4.78 is 12.2. The van der Waals surface area contributed by atoms with E-state index in [9.17, 15) is 0 Å². The first-order valence-corrected chi connectivity index (χ1v) is 6.72. The summed E-state index contributed by atoms with van der Waals surface area (Å²) in [5.74, 6) is 0. The normalized spacial score (nSPS) is 20.8. The van der Waals surface area contributed by atoms with Crippen LogP contribution < -0.4 is 10.8 Å². The number of hydrogen-bond donors (Lipinski definition) is 1. The van der Waals surface area contributed by atoms with Gasteiger partial charge < -0.3 is 14.6 Å². The Hall–Kier alpha value is -0.905. The zero-order chi connectivity index (χ0) is 14.3. The zero-order valence-electron chi connectivity index (χ0n) is 12.7. The molecule has 1 aromatic rings. The lowest BCUT2D eigenvalue weighted by molar-refractivity contribution is 0.00578. The molecule has 2 rings (SSSR count). The van der Waals surface area contributed by atoms with Crippen molar-refractivity contribution in [3.8, 4) is 0 Å². The average Bonchev–Trinajstić information content (AvgIpc) is 2.51. The van der Waals surface area contributed by atoms with Gasteiger partial charge in [0, 0.05) is 24.4 Å². The minimum absolute atomic E-state index is 0.316. The van der Waals surface area contributed by atoms with Crippen LogP contribution >= 0.6 is 0 Å². The van der Waals surface area contributed by atoms with Crippen LogP contribution in [0.5, 0.6) is 0 Å². The van der Waals surface area contributed by atoms with Crippen LogP contribution in [0.4, 0.5) is 0 Å². The lowest BCUT2D eigenvalue weighted by Crippen LogP contribution is -2.41. The van der Waals surface area contributed by atoms with Crippen molar-refractivity contribution < 1.29 is 9.31 Å². The molecule has 1 aromatic heterocycles. The van der Waals surface area contributed by atoms with Gasteiger partial charge >= 0.3 is 7.12 Å². The highest BCUT2D eigenvalue weighted by Crippen LogP contribution is 2.36. The molecule has 0 saturated carbocycles. The number of rotatable bonds is 3. The number of aromatic nitrogens is 1. The highest BCUT2D eigenvalue weighted by molar-refractivity contribution is 6.62. The van der Waals surface area contributed by atoms with Gasteiger partial charge in [0.2, 0.25) is 0 Å². The molecule has 1 fully saturated rings. The molecule has 0 atom stereocenters. The number of nitrogens with one attached hydrogen (secondary N) is 1. The van der Waals surface area contributed by atoms with Crippen LogP contribution in [-0.4, -0.2) is 30.4 Å². The third-order valence-corrected chi connectivity index (χ3v) is 4.23. The fourth-order valence-corrected chi connectivity index (χ4v) is 2.16. The maximum absolute atomic E-state index is 6.08.